The minimum atomic E-state index is -0.349. The molecule has 21 heavy (non-hydrogen) atoms. The van der Waals surface area contributed by atoms with Gasteiger partial charge in [0.1, 0.15) is 0 Å². The third-order valence-electron chi connectivity index (χ3n) is 2.51. The van der Waals surface area contributed by atoms with E-state index in [-0.39, 0.29) is 38.8 Å². The number of nitrogens with one attached hydrogen (secondary N) is 1. The quantitative estimate of drug-likeness (QED) is 0.659. The zero-order chi connectivity index (χ0) is 14.5. The predicted octanol–water partition coefficient (Wildman–Crippen LogP) is 2.30. The van der Waals surface area contributed by atoms with Gasteiger partial charge in [-0.15, -0.1) is 12.4 Å². The van der Waals surface area contributed by atoms with Gasteiger partial charge in [-0.3, -0.25) is 0 Å². The van der Waals surface area contributed by atoms with Crippen LogP contribution in [0.5, 0.6) is 0 Å². The fourth-order valence-electron chi connectivity index (χ4n) is 1.59. The summed E-state index contributed by atoms with van der Waals surface area (Å²) in [7, 11) is 0. The maximum atomic E-state index is 12.0. The second-order valence-corrected chi connectivity index (χ2v) is 6.07. The summed E-state index contributed by atoms with van der Waals surface area (Å²) in [6.07, 6.45) is 0. The summed E-state index contributed by atoms with van der Waals surface area (Å²) in [5.41, 5.74) is 1.18. The minimum absolute atomic E-state index is 0. The Labute approximate surface area is 134 Å². The number of esters is 1. The van der Waals surface area contributed by atoms with Crippen molar-refractivity contribution in [2.75, 3.05) is 11.9 Å². The van der Waals surface area contributed by atoms with Crippen LogP contribution in [0.2, 0.25) is 0 Å². The summed E-state index contributed by atoms with van der Waals surface area (Å²) in [5, 5.41) is 2.74. The number of hydrogen-bond donors (Lipinski definition) is 1. The van der Waals surface area contributed by atoms with E-state index in [1.54, 1.807) is 38.1 Å². The number of carbonyl (C=O) groups excluding carboxylic acids is 2. The van der Waals surface area contributed by atoms with Gasteiger partial charge in [-0.05, 0) is 0 Å². The molecule has 0 aliphatic rings. The van der Waals surface area contributed by atoms with E-state index in [0.29, 0.717) is 27.0 Å². The Bertz CT molecular complexity index is 628. The molecular formula is C14H15ClN2O3Se. The Morgan fingerprint density at radius 2 is 1.95 bits per heavy atom. The van der Waals surface area contributed by atoms with Crippen LogP contribution in [0.3, 0.4) is 0 Å². The second kappa shape index (κ2) is 7.98. The number of nitrogens with zero attached hydrogens (tertiary/aromatic N) is 1. The van der Waals surface area contributed by atoms with Gasteiger partial charge in [0.2, 0.25) is 0 Å². The van der Waals surface area contributed by atoms with E-state index >= 15 is 0 Å². The van der Waals surface area contributed by atoms with Crippen LogP contribution in [0.1, 0.15) is 32.2 Å². The number of aryl methyl sites for hydroxylation is 1. The van der Waals surface area contributed by atoms with Crippen LogP contribution in [0.4, 0.5) is 4.69 Å². The fraction of sp³-hybridized carbons (Fsp3) is 0.214. The van der Waals surface area contributed by atoms with Gasteiger partial charge < -0.3 is 0 Å². The third kappa shape index (κ3) is 4.43. The number of aromatic nitrogens is 1. The zero-order valence-electron chi connectivity index (χ0n) is 11.6. The van der Waals surface area contributed by atoms with Crippen LogP contribution >= 0.6 is 12.4 Å². The Kier molecular flexibility index (Phi) is 6.62. The van der Waals surface area contributed by atoms with E-state index in [1.807, 2.05) is 6.07 Å². The van der Waals surface area contributed by atoms with E-state index in [2.05, 4.69) is 10.3 Å². The Morgan fingerprint density at radius 1 is 1.29 bits per heavy atom. The molecule has 1 aromatic heterocycles. The molecule has 2 rings (SSSR count). The van der Waals surface area contributed by atoms with Gasteiger partial charge in [-0.25, -0.2) is 0 Å². The number of amides is 1. The van der Waals surface area contributed by atoms with Gasteiger partial charge in [0.15, 0.2) is 0 Å². The molecule has 0 radical (unpaired) electrons. The Morgan fingerprint density at radius 3 is 2.57 bits per heavy atom. The smallest absolute Gasteiger partial charge is 0.147 e. The molecule has 7 heteroatoms. The van der Waals surface area contributed by atoms with Crippen molar-refractivity contribution in [1.82, 2.24) is 4.98 Å². The first-order valence-corrected chi connectivity index (χ1v) is 7.84. The van der Waals surface area contributed by atoms with Crippen LogP contribution in [-0.2, 0) is 4.74 Å². The van der Waals surface area contributed by atoms with E-state index in [0.717, 1.165) is 0 Å². The molecule has 0 spiro atoms. The second-order valence-electron chi connectivity index (χ2n) is 3.97. The van der Waals surface area contributed by atoms with Gasteiger partial charge in [0.25, 0.3) is 0 Å². The van der Waals surface area contributed by atoms with Crippen LogP contribution in [0, 0.1) is 6.92 Å². The maximum absolute atomic E-state index is 12.0. The molecule has 0 bridgehead atoms. The number of rotatable bonds is 4. The van der Waals surface area contributed by atoms with Crippen molar-refractivity contribution in [3.63, 3.8) is 0 Å². The molecule has 0 atom stereocenters. The molecule has 0 aliphatic heterocycles. The van der Waals surface area contributed by atoms with Gasteiger partial charge in [-0.2, -0.15) is 0 Å². The third-order valence-corrected chi connectivity index (χ3v) is 4.72. The van der Waals surface area contributed by atoms with Crippen LogP contribution in [0.25, 0.3) is 0 Å². The molecule has 0 fully saturated rings. The molecule has 2 aromatic rings. The van der Waals surface area contributed by atoms with Gasteiger partial charge in [0, 0.05) is 0 Å². The van der Waals surface area contributed by atoms with E-state index in [1.165, 1.54) is 0 Å². The topological polar surface area (TPSA) is 68.3 Å². The normalized spacial score (nSPS) is 9.62. The van der Waals surface area contributed by atoms with Crippen molar-refractivity contribution >= 4 is 43.5 Å². The van der Waals surface area contributed by atoms with Crippen LogP contribution in [-0.4, -0.2) is 38.0 Å². The van der Waals surface area contributed by atoms with E-state index in [9.17, 15) is 9.59 Å². The first-order valence-electron chi connectivity index (χ1n) is 6.12. The Balaban J connectivity index is 0.00000220. The maximum Gasteiger partial charge on any atom is -0.147 e. The monoisotopic (exact) mass is 374 g/mol. The van der Waals surface area contributed by atoms with Crippen molar-refractivity contribution in [3.8, 4) is 0 Å². The molecule has 1 heterocycles. The summed E-state index contributed by atoms with van der Waals surface area (Å²) >= 11 is -0.319. The van der Waals surface area contributed by atoms with Crippen LogP contribution in [0.15, 0.2) is 30.3 Å². The number of halogens is 1. The van der Waals surface area contributed by atoms with Crippen LogP contribution < -0.4 is 5.32 Å². The summed E-state index contributed by atoms with van der Waals surface area (Å²) in [6.45, 7) is 3.84. The average Bonchev–Trinajstić information content (AvgIpc) is 2.81. The predicted molar refractivity (Wildman–Crippen MR) is 83.5 cm³/mol. The van der Waals surface area contributed by atoms with E-state index < -0.39 is 0 Å². The molecule has 0 aliphatic carbocycles. The van der Waals surface area contributed by atoms with Gasteiger partial charge >= 0.3 is 122 Å². The number of anilines is 1. The summed E-state index contributed by atoms with van der Waals surface area (Å²) in [4.78, 5) is 27.9. The minimum Gasteiger partial charge on any atom is -0.147 e. The number of ether oxygens (including phenoxy) is 1. The summed E-state index contributed by atoms with van der Waals surface area (Å²) < 4.78 is 6.06. The molecule has 0 saturated carbocycles. The first-order chi connectivity index (χ1) is 9.61. The molecule has 1 N–H and O–H groups in total. The molecule has 1 amide bonds. The molecular weight excluding hydrogens is 359 g/mol. The van der Waals surface area contributed by atoms with Crippen molar-refractivity contribution in [2.45, 2.75) is 13.8 Å². The number of hydrogen-bond acceptors (Lipinski definition) is 4. The standard InChI is InChI=1S/C14H14N2O3Se.ClH/c1-3-19-13(18)11-9(2)15-14(20-11)16-12(17)10-7-5-4-6-8-10;/h4-8H,3H2,1-2H3,(H,15,16,17);1H. The van der Waals surface area contributed by atoms with Gasteiger partial charge in [0.05, 0.1) is 0 Å². The molecule has 112 valence electrons. The van der Waals surface area contributed by atoms with Crippen molar-refractivity contribution in [2.24, 2.45) is 0 Å². The largest absolute Gasteiger partial charge is 0.147 e. The SMILES string of the molecule is CCOC(=O)c1[se]c(NC(=O)c2ccccc2)nc1C.Cl. The fourth-order valence-corrected chi connectivity index (χ4v) is 3.39. The summed E-state index contributed by atoms with van der Waals surface area (Å²) in [5.74, 6) is -0.568. The molecule has 1 aromatic carbocycles. The summed E-state index contributed by atoms with van der Waals surface area (Å²) in [6, 6.07) is 8.89. The van der Waals surface area contributed by atoms with Gasteiger partial charge in [-0.1, -0.05) is 0 Å². The van der Waals surface area contributed by atoms with Crippen molar-refractivity contribution in [3.05, 3.63) is 46.0 Å². The molecule has 0 saturated heterocycles. The molecule has 0 unspecified atom stereocenters. The van der Waals surface area contributed by atoms with Crippen molar-refractivity contribution < 1.29 is 14.3 Å². The van der Waals surface area contributed by atoms with Crippen molar-refractivity contribution in [1.29, 1.82) is 0 Å². The van der Waals surface area contributed by atoms with E-state index in [4.69, 9.17) is 4.74 Å². The number of benzene rings is 1. The molecule has 5 nitrogen and oxygen atoms in total. The number of carbonyl (C=O) groups is 2. The zero-order valence-corrected chi connectivity index (χ0v) is 14.1. The average molecular weight is 374 g/mol. The Hall–Kier alpha value is -1.62. The first kappa shape index (κ1) is 17.4.